The zero-order valence-electron chi connectivity index (χ0n) is 8.13. The molecule has 2 rings (SSSR count). The SMILES string of the molecule is CC(C(=O)Nc1ncc(Br)s1)=C1CNC1. The van der Waals surface area contributed by atoms with Gasteiger partial charge in [0.05, 0.1) is 9.98 Å². The van der Waals surface area contributed by atoms with E-state index in [1.165, 1.54) is 16.9 Å². The molecule has 0 radical (unpaired) electrons. The third-order valence-corrected chi connectivity index (χ3v) is 3.64. The zero-order chi connectivity index (χ0) is 10.8. The number of carbonyl (C=O) groups excluding carboxylic acids is 1. The quantitative estimate of drug-likeness (QED) is 0.815. The largest absolute Gasteiger partial charge is 0.309 e. The predicted octanol–water partition coefficient (Wildman–Crippen LogP) is 1.76. The van der Waals surface area contributed by atoms with Crippen LogP contribution in [-0.2, 0) is 4.79 Å². The summed E-state index contributed by atoms with van der Waals surface area (Å²) in [6.45, 7) is 3.48. The Balaban J connectivity index is 2.03. The van der Waals surface area contributed by atoms with Crippen molar-refractivity contribution >= 4 is 38.3 Å². The van der Waals surface area contributed by atoms with E-state index < -0.39 is 0 Å². The third kappa shape index (κ3) is 2.45. The average molecular weight is 288 g/mol. The number of aromatic nitrogens is 1. The van der Waals surface area contributed by atoms with E-state index in [1.807, 2.05) is 6.92 Å². The molecule has 0 spiro atoms. The minimum absolute atomic E-state index is 0.0617. The lowest BCUT2D eigenvalue weighted by molar-refractivity contribution is -0.112. The first kappa shape index (κ1) is 10.8. The van der Waals surface area contributed by atoms with Crippen molar-refractivity contribution in [2.75, 3.05) is 18.4 Å². The molecule has 6 heteroatoms. The highest BCUT2D eigenvalue weighted by Gasteiger charge is 2.16. The number of hydrogen-bond acceptors (Lipinski definition) is 4. The van der Waals surface area contributed by atoms with Gasteiger partial charge >= 0.3 is 0 Å². The van der Waals surface area contributed by atoms with E-state index in [2.05, 4.69) is 31.5 Å². The molecule has 4 nitrogen and oxygen atoms in total. The fraction of sp³-hybridized carbons (Fsp3) is 0.333. The van der Waals surface area contributed by atoms with Gasteiger partial charge in [-0.05, 0) is 28.4 Å². The standard InChI is InChI=1S/C9H10BrN3OS/c1-5(6-2-11-3-6)8(14)13-9-12-4-7(10)15-9/h4,11H,2-3H2,1H3,(H,12,13,14). The average Bonchev–Trinajstić information content (AvgIpc) is 2.48. The molecule has 0 atom stereocenters. The molecule has 1 fully saturated rings. The van der Waals surface area contributed by atoms with Crippen LogP contribution in [-0.4, -0.2) is 24.0 Å². The summed E-state index contributed by atoms with van der Waals surface area (Å²) < 4.78 is 0.911. The van der Waals surface area contributed by atoms with E-state index in [4.69, 9.17) is 0 Å². The number of hydrogen-bond donors (Lipinski definition) is 2. The molecule has 1 aliphatic heterocycles. The summed E-state index contributed by atoms with van der Waals surface area (Å²) >= 11 is 4.70. The van der Waals surface area contributed by atoms with Gasteiger partial charge in [0, 0.05) is 18.7 Å². The fourth-order valence-corrected chi connectivity index (χ4v) is 2.28. The van der Waals surface area contributed by atoms with Crippen molar-refractivity contribution in [3.8, 4) is 0 Å². The molecular formula is C9H10BrN3OS. The van der Waals surface area contributed by atoms with Crippen LogP contribution in [0.5, 0.6) is 0 Å². The Labute approximate surface area is 99.9 Å². The van der Waals surface area contributed by atoms with Crippen LogP contribution < -0.4 is 10.6 Å². The minimum Gasteiger partial charge on any atom is -0.309 e. The van der Waals surface area contributed by atoms with E-state index in [0.717, 1.165) is 22.4 Å². The summed E-state index contributed by atoms with van der Waals surface area (Å²) in [4.78, 5) is 15.8. The number of amides is 1. The van der Waals surface area contributed by atoms with Crippen LogP contribution in [0.4, 0.5) is 5.13 Å². The number of rotatable bonds is 2. The maximum Gasteiger partial charge on any atom is 0.253 e. The number of nitrogens with zero attached hydrogens (tertiary/aromatic N) is 1. The topological polar surface area (TPSA) is 54.0 Å². The van der Waals surface area contributed by atoms with Crippen molar-refractivity contribution < 1.29 is 4.79 Å². The molecule has 0 aliphatic carbocycles. The first-order valence-electron chi connectivity index (χ1n) is 4.49. The van der Waals surface area contributed by atoms with Gasteiger partial charge in [0.1, 0.15) is 0 Å². The summed E-state index contributed by atoms with van der Waals surface area (Å²) in [6, 6.07) is 0. The molecule has 2 heterocycles. The molecule has 1 aromatic heterocycles. The van der Waals surface area contributed by atoms with Crippen molar-refractivity contribution in [3.63, 3.8) is 0 Å². The van der Waals surface area contributed by atoms with Gasteiger partial charge in [0.25, 0.3) is 5.91 Å². The highest BCUT2D eigenvalue weighted by atomic mass is 79.9. The van der Waals surface area contributed by atoms with Gasteiger partial charge < -0.3 is 5.32 Å². The second kappa shape index (κ2) is 4.42. The van der Waals surface area contributed by atoms with Crippen molar-refractivity contribution in [1.29, 1.82) is 0 Å². The summed E-state index contributed by atoms with van der Waals surface area (Å²) in [5.41, 5.74) is 1.96. The van der Waals surface area contributed by atoms with Crippen LogP contribution in [0.25, 0.3) is 0 Å². The normalized spacial score (nSPS) is 14.7. The second-order valence-electron chi connectivity index (χ2n) is 3.26. The Hall–Kier alpha value is -0.720. The molecule has 1 amide bonds. The molecule has 1 aliphatic rings. The van der Waals surface area contributed by atoms with Crippen molar-refractivity contribution in [1.82, 2.24) is 10.3 Å². The van der Waals surface area contributed by atoms with Crippen molar-refractivity contribution in [3.05, 3.63) is 21.1 Å². The lowest BCUT2D eigenvalue weighted by atomic mass is 10.0. The van der Waals surface area contributed by atoms with Crippen LogP contribution in [0, 0.1) is 0 Å². The Morgan fingerprint density at radius 1 is 1.67 bits per heavy atom. The summed E-state index contributed by atoms with van der Waals surface area (Å²) in [5, 5.41) is 6.50. The van der Waals surface area contributed by atoms with Gasteiger partial charge in [-0.1, -0.05) is 11.3 Å². The van der Waals surface area contributed by atoms with Crippen LogP contribution in [0.15, 0.2) is 21.1 Å². The smallest absolute Gasteiger partial charge is 0.253 e. The summed E-state index contributed by atoms with van der Waals surface area (Å²) in [7, 11) is 0. The Morgan fingerprint density at radius 2 is 2.40 bits per heavy atom. The van der Waals surface area contributed by atoms with E-state index in [1.54, 1.807) is 6.20 Å². The van der Waals surface area contributed by atoms with Gasteiger partial charge in [-0.15, -0.1) is 0 Å². The van der Waals surface area contributed by atoms with E-state index in [0.29, 0.717) is 5.13 Å². The highest BCUT2D eigenvalue weighted by molar-refractivity contribution is 9.11. The lowest BCUT2D eigenvalue weighted by Gasteiger charge is -2.21. The number of anilines is 1. The van der Waals surface area contributed by atoms with Crippen molar-refractivity contribution in [2.24, 2.45) is 0 Å². The number of carbonyl (C=O) groups is 1. The van der Waals surface area contributed by atoms with Crippen molar-refractivity contribution in [2.45, 2.75) is 6.92 Å². The fourth-order valence-electron chi connectivity index (χ4n) is 1.18. The summed E-state index contributed by atoms with van der Waals surface area (Å²) in [6.07, 6.45) is 1.67. The van der Waals surface area contributed by atoms with Gasteiger partial charge in [-0.25, -0.2) is 4.98 Å². The molecule has 2 N–H and O–H groups in total. The Kier molecular flexibility index (Phi) is 3.18. The molecule has 1 saturated heterocycles. The molecule has 15 heavy (non-hydrogen) atoms. The van der Waals surface area contributed by atoms with Crippen LogP contribution in [0.1, 0.15) is 6.92 Å². The van der Waals surface area contributed by atoms with Gasteiger partial charge in [0.2, 0.25) is 0 Å². The van der Waals surface area contributed by atoms with Gasteiger partial charge in [-0.3, -0.25) is 10.1 Å². The Bertz CT molecular complexity index is 421. The molecule has 0 unspecified atom stereocenters. The highest BCUT2D eigenvalue weighted by Crippen LogP contribution is 2.23. The van der Waals surface area contributed by atoms with Gasteiger partial charge in [0.15, 0.2) is 5.13 Å². The monoisotopic (exact) mass is 287 g/mol. The predicted molar refractivity (Wildman–Crippen MR) is 64.0 cm³/mol. The first-order chi connectivity index (χ1) is 7.16. The minimum atomic E-state index is -0.0617. The zero-order valence-corrected chi connectivity index (χ0v) is 10.5. The molecule has 1 aromatic rings. The van der Waals surface area contributed by atoms with E-state index in [-0.39, 0.29) is 5.91 Å². The summed E-state index contributed by atoms with van der Waals surface area (Å²) in [5.74, 6) is -0.0617. The lowest BCUT2D eigenvalue weighted by Crippen LogP contribution is -2.36. The van der Waals surface area contributed by atoms with Gasteiger partial charge in [-0.2, -0.15) is 0 Å². The molecule has 0 aromatic carbocycles. The van der Waals surface area contributed by atoms with E-state index in [9.17, 15) is 4.79 Å². The van der Waals surface area contributed by atoms with Crippen LogP contribution >= 0.6 is 27.3 Å². The third-order valence-electron chi connectivity index (χ3n) is 2.25. The first-order valence-corrected chi connectivity index (χ1v) is 6.10. The number of halogens is 1. The number of thiazole rings is 1. The molecular weight excluding hydrogens is 278 g/mol. The maximum atomic E-state index is 11.7. The second-order valence-corrected chi connectivity index (χ2v) is 5.67. The molecule has 0 saturated carbocycles. The maximum absolute atomic E-state index is 11.7. The molecule has 80 valence electrons. The van der Waals surface area contributed by atoms with Crippen LogP contribution in [0.3, 0.4) is 0 Å². The van der Waals surface area contributed by atoms with E-state index >= 15 is 0 Å². The van der Waals surface area contributed by atoms with Crippen LogP contribution in [0.2, 0.25) is 0 Å². The Morgan fingerprint density at radius 3 is 2.87 bits per heavy atom. The number of nitrogens with one attached hydrogen (secondary N) is 2. The molecule has 0 bridgehead atoms.